The van der Waals surface area contributed by atoms with Gasteiger partial charge in [0.05, 0.1) is 5.92 Å². The lowest BCUT2D eigenvalue weighted by molar-refractivity contribution is -0.134. The summed E-state index contributed by atoms with van der Waals surface area (Å²) < 4.78 is 12.9. The molecule has 124 valence electrons. The van der Waals surface area contributed by atoms with Crippen LogP contribution in [0, 0.1) is 11.7 Å². The van der Waals surface area contributed by atoms with Crippen molar-refractivity contribution >= 4 is 18.3 Å². The molecular formula is C18H22ClFN2O. The summed E-state index contributed by atoms with van der Waals surface area (Å²) >= 11 is 0. The zero-order chi connectivity index (χ0) is 16.1. The number of nitrogens with two attached hydrogens (primary N) is 1. The Hall–Kier alpha value is -1.91. The molecule has 2 aromatic carbocycles. The maximum atomic E-state index is 12.9. The Labute approximate surface area is 142 Å². The van der Waals surface area contributed by atoms with Gasteiger partial charge in [0.2, 0.25) is 5.91 Å². The van der Waals surface area contributed by atoms with Crippen LogP contribution in [0.5, 0.6) is 0 Å². The number of amides is 1. The quantitative estimate of drug-likeness (QED) is 0.907. The molecule has 0 saturated heterocycles. The van der Waals surface area contributed by atoms with Gasteiger partial charge in [0.25, 0.3) is 0 Å². The second-order valence-corrected chi connectivity index (χ2v) is 5.55. The van der Waals surface area contributed by atoms with Gasteiger partial charge >= 0.3 is 0 Å². The number of nitrogens with zero attached hydrogens (tertiary/aromatic N) is 1. The summed E-state index contributed by atoms with van der Waals surface area (Å²) in [5.41, 5.74) is 8.02. The molecule has 0 aliphatic carbocycles. The van der Waals surface area contributed by atoms with E-state index < -0.39 is 0 Å². The van der Waals surface area contributed by atoms with Gasteiger partial charge in [-0.2, -0.15) is 0 Å². The van der Waals surface area contributed by atoms with Crippen LogP contribution >= 0.6 is 12.4 Å². The average molecular weight is 337 g/mol. The minimum atomic E-state index is -0.343. The molecule has 0 aliphatic heterocycles. The second kappa shape index (κ2) is 8.65. The van der Waals surface area contributed by atoms with E-state index >= 15 is 0 Å². The molecule has 3 nitrogen and oxygen atoms in total. The van der Waals surface area contributed by atoms with Crippen molar-refractivity contribution in [3.05, 3.63) is 71.5 Å². The highest BCUT2D eigenvalue weighted by molar-refractivity contribution is 5.85. The Morgan fingerprint density at radius 3 is 2.26 bits per heavy atom. The molecule has 5 heteroatoms. The third-order valence-corrected chi connectivity index (χ3v) is 3.82. The lowest BCUT2D eigenvalue weighted by atomic mass is 9.94. The van der Waals surface area contributed by atoms with Crippen molar-refractivity contribution in [1.29, 1.82) is 0 Å². The lowest BCUT2D eigenvalue weighted by Gasteiger charge is -2.25. The van der Waals surface area contributed by atoms with Crippen LogP contribution in [0.3, 0.4) is 0 Å². The van der Waals surface area contributed by atoms with Gasteiger partial charge in [-0.05, 0) is 23.3 Å². The number of hydrogen-bond acceptors (Lipinski definition) is 2. The molecule has 2 rings (SSSR count). The molecule has 2 N–H and O–H groups in total. The molecule has 2 aromatic rings. The van der Waals surface area contributed by atoms with Gasteiger partial charge in [0, 0.05) is 19.6 Å². The molecule has 0 saturated carbocycles. The first-order valence-corrected chi connectivity index (χ1v) is 7.29. The van der Waals surface area contributed by atoms with E-state index in [1.807, 2.05) is 37.3 Å². The number of rotatable bonds is 5. The van der Waals surface area contributed by atoms with Crippen molar-refractivity contribution in [2.75, 3.05) is 7.05 Å². The first kappa shape index (κ1) is 19.1. The Bertz CT molecular complexity index is 619. The van der Waals surface area contributed by atoms with Crippen LogP contribution in [0.4, 0.5) is 4.39 Å². The molecule has 0 aliphatic rings. The zero-order valence-electron chi connectivity index (χ0n) is 13.3. The maximum absolute atomic E-state index is 12.9. The molecule has 23 heavy (non-hydrogen) atoms. The van der Waals surface area contributed by atoms with Crippen molar-refractivity contribution in [3.8, 4) is 0 Å². The molecule has 0 radical (unpaired) electrons. The molecular weight excluding hydrogens is 315 g/mol. The molecule has 0 fully saturated rings. The van der Waals surface area contributed by atoms with Crippen molar-refractivity contribution in [1.82, 2.24) is 4.90 Å². The summed E-state index contributed by atoms with van der Waals surface area (Å²) in [4.78, 5) is 14.1. The zero-order valence-corrected chi connectivity index (χ0v) is 14.1. The Kier molecular flexibility index (Phi) is 7.20. The van der Waals surface area contributed by atoms with Gasteiger partial charge in [-0.15, -0.1) is 12.4 Å². The van der Waals surface area contributed by atoms with Gasteiger partial charge in [-0.25, -0.2) is 4.39 Å². The Morgan fingerprint density at radius 2 is 1.70 bits per heavy atom. The van der Waals surface area contributed by atoms with Crippen LogP contribution in [-0.4, -0.2) is 17.9 Å². The van der Waals surface area contributed by atoms with Crippen molar-refractivity contribution in [3.63, 3.8) is 0 Å². The van der Waals surface area contributed by atoms with E-state index in [1.54, 1.807) is 24.1 Å². The highest BCUT2D eigenvalue weighted by atomic mass is 35.5. The minimum Gasteiger partial charge on any atom is -0.341 e. The minimum absolute atomic E-state index is 0. The highest BCUT2D eigenvalue weighted by Gasteiger charge is 2.24. The van der Waals surface area contributed by atoms with Crippen molar-refractivity contribution in [2.24, 2.45) is 11.7 Å². The van der Waals surface area contributed by atoms with Crippen LogP contribution in [0.1, 0.15) is 24.1 Å². The predicted octanol–water partition coefficient (Wildman–Crippen LogP) is 3.54. The normalized spacial score (nSPS) is 12.9. The van der Waals surface area contributed by atoms with Crippen LogP contribution < -0.4 is 5.73 Å². The fraction of sp³-hybridized carbons (Fsp3) is 0.278. The lowest BCUT2D eigenvalue weighted by Crippen LogP contribution is -2.36. The monoisotopic (exact) mass is 336 g/mol. The van der Waals surface area contributed by atoms with Crippen LogP contribution in [0.25, 0.3) is 0 Å². The standard InChI is InChI=1S/C18H21FN2O.ClH/c1-13(17(20)15-6-4-3-5-7-15)18(22)21(2)12-14-8-10-16(19)11-9-14;/h3-11,13,17H,12,20H2,1-2H3;1H. The molecule has 0 spiro atoms. The molecule has 0 aromatic heterocycles. The predicted molar refractivity (Wildman–Crippen MR) is 92.7 cm³/mol. The fourth-order valence-corrected chi connectivity index (χ4v) is 2.41. The van der Waals surface area contributed by atoms with Crippen LogP contribution in [0.2, 0.25) is 0 Å². The van der Waals surface area contributed by atoms with Gasteiger partial charge in [0.15, 0.2) is 0 Å². The van der Waals surface area contributed by atoms with Crippen molar-refractivity contribution in [2.45, 2.75) is 19.5 Å². The summed E-state index contributed by atoms with van der Waals surface area (Å²) in [7, 11) is 1.74. The van der Waals surface area contributed by atoms with Crippen LogP contribution in [0.15, 0.2) is 54.6 Å². The smallest absolute Gasteiger partial charge is 0.227 e. The largest absolute Gasteiger partial charge is 0.341 e. The van der Waals surface area contributed by atoms with Crippen molar-refractivity contribution < 1.29 is 9.18 Å². The summed E-state index contributed by atoms with van der Waals surface area (Å²) in [5.74, 6) is -0.634. The first-order chi connectivity index (χ1) is 10.5. The average Bonchev–Trinajstić information content (AvgIpc) is 2.55. The van der Waals surface area contributed by atoms with Crippen LogP contribution in [-0.2, 0) is 11.3 Å². The summed E-state index contributed by atoms with van der Waals surface area (Å²) in [5, 5.41) is 0. The first-order valence-electron chi connectivity index (χ1n) is 7.29. The van der Waals surface area contributed by atoms with E-state index in [4.69, 9.17) is 5.73 Å². The maximum Gasteiger partial charge on any atom is 0.227 e. The topological polar surface area (TPSA) is 46.3 Å². The number of hydrogen-bond donors (Lipinski definition) is 1. The number of halogens is 2. The number of carbonyl (C=O) groups excluding carboxylic acids is 1. The van der Waals surface area contributed by atoms with E-state index in [9.17, 15) is 9.18 Å². The summed E-state index contributed by atoms with van der Waals surface area (Å²) in [6.07, 6.45) is 0. The number of carbonyl (C=O) groups is 1. The highest BCUT2D eigenvalue weighted by Crippen LogP contribution is 2.21. The summed E-state index contributed by atoms with van der Waals surface area (Å²) in [6, 6.07) is 15.4. The van der Waals surface area contributed by atoms with E-state index in [1.165, 1.54) is 12.1 Å². The molecule has 2 unspecified atom stereocenters. The molecule has 2 atom stereocenters. The third-order valence-electron chi connectivity index (χ3n) is 3.82. The molecule has 0 heterocycles. The summed E-state index contributed by atoms with van der Waals surface area (Å²) in [6.45, 7) is 2.27. The van der Waals surface area contributed by atoms with Gasteiger partial charge in [0.1, 0.15) is 5.82 Å². The van der Waals surface area contributed by atoms with E-state index in [0.717, 1.165) is 11.1 Å². The van der Waals surface area contributed by atoms with Gasteiger partial charge in [-0.3, -0.25) is 4.79 Å². The van der Waals surface area contributed by atoms with Gasteiger partial charge < -0.3 is 10.6 Å². The van der Waals surface area contributed by atoms with E-state index in [-0.39, 0.29) is 36.1 Å². The fourth-order valence-electron chi connectivity index (χ4n) is 2.41. The Balaban J connectivity index is 0.00000264. The Morgan fingerprint density at radius 1 is 1.13 bits per heavy atom. The van der Waals surface area contributed by atoms with E-state index in [2.05, 4.69) is 0 Å². The van der Waals surface area contributed by atoms with Gasteiger partial charge in [-0.1, -0.05) is 49.4 Å². The number of benzene rings is 2. The third kappa shape index (κ3) is 5.05. The second-order valence-electron chi connectivity index (χ2n) is 5.55. The molecule has 1 amide bonds. The SMILES string of the molecule is CC(C(=O)N(C)Cc1ccc(F)cc1)C(N)c1ccccc1.Cl. The molecule has 0 bridgehead atoms. The van der Waals surface area contributed by atoms with E-state index in [0.29, 0.717) is 6.54 Å².